The van der Waals surface area contributed by atoms with Gasteiger partial charge in [-0.15, -0.1) is 0 Å². The molecule has 0 saturated carbocycles. The molecule has 0 aliphatic heterocycles. The van der Waals surface area contributed by atoms with Crippen molar-refractivity contribution in [2.75, 3.05) is 6.54 Å². The Balaban J connectivity index is 1.70. The quantitative estimate of drug-likeness (QED) is 0.515. The molecule has 2 heterocycles. The molecule has 0 radical (unpaired) electrons. The summed E-state index contributed by atoms with van der Waals surface area (Å²) >= 11 is 0. The minimum atomic E-state index is -0.198. The SMILES string of the molecule is CCCN(Cc1cccn1Cc1ccc(C(=O)NC(C)CC)o1)C(=O)c1ccccc1. The highest BCUT2D eigenvalue weighted by Gasteiger charge is 2.18. The minimum Gasteiger partial charge on any atom is -0.454 e. The highest BCUT2D eigenvalue weighted by molar-refractivity contribution is 5.94. The fraction of sp³-hybridized carbons (Fsp3) is 0.360. The number of nitrogens with zero attached hydrogens (tertiary/aromatic N) is 2. The summed E-state index contributed by atoms with van der Waals surface area (Å²) in [7, 11) is 0. The van der Waals surface area contributed by atoms with Crippen LogP contribution >= 0.6 is 0 Å². The van der Waals surface area contributed by atoms with Crippen LogP contribution in [0.25, 0.3) is 0 Å². The highest BCUT2D eigenvalue weighted by atomic mass is 16.4. The lowest BCUT2D eigenvalue weighted by Crippen LogP contribution is -2.32. The van der Waals surface area contributed by atoms with Gasteiger partial charge in [-0.05, 0) is 56.2 Å². The van der Waals surface area contributed by atoms with Crippen LogP contribution in [0.4, 0.5) is 0 Å². The summed E-state index contributed by atoms with van der Waals surface area (Å²) in [6.45, 7) is 7.75. The molecule has 1 N–H and O–H groups in total. The molecule has 6 nitrogen and oxygen atoms in total. The van der Waals surface area contributed by atoms with Crippen molar-refractivity contribution in [1.29, 1.82) is 0 Å². The van der Waals surface area contributed by atoms with Crippen molar-refractivity contribution in [2.24, 2.45) is 0 Å². The second-order valence-electron chi connectivity index (χ2n) is 7.77. The first kappa shape index (κ1) is 22.4. The predicted octanol–water partition coefficient (Wildman–Crippen LogP) is 4.71. The van der Waals surface area contributed by atoms with Gasteiger partial charge in [0, 0.05) is 30.0 Å². The maximum Gasteiger partial charge on any atom is 0.287 e. The third-order valence-corrected chi connectivity index (χ3v) is 5.28. The minimum absolute atomic E-state index is 0.0252. The molecule has 1 aromatic carbocycles. The lowest BCUT2D eigenvalue weighted by atomic mass is 10.2. The molecule has 0 aliphatic rings. The van der Waals surface area contributed by atoms with Gasteiger partial charge in [0.1, 0.15) is 5.76 Å². The zero-order valence-electron chi connectivity index (χ0n) is 18.5. The monoisotopic (exact) mass is 421 g/mol. The largest absolute Gasteiger partial charge is 0.454 e. The molecule has 6 heteroatoms. The number of carbonyl (C=O) groups excluding carboxylic acids is 2. The Morgan fingerprint density at radius 2 is 1.84 bits per heavy atom. The second-order valence-corrected chi connectivity index (χ2v) is 7.77. The van der Waals surface area contributed by atoms with Gasteiger partial charge in [0.25, 0.3) is 11.8 Å². The van der Waals surface area contributed by atoms with Gasteiger partial charge in [-0.3, -0.25) is 9.59 Å². The summed E-state index contributed by atoms with van der Waals surface area (Å²) in [5.41, 5.74) is 1.71. The van der Waals surface area contributed by atoms with Crippen LogP contribution in [0, 0.1) is 0 Å². The number of carbonyl (C=O) groups is 2. The van der Waals surface area contributed by atoms with E-state index in [2.05, 4.69) is 16.8 Å². The lowest BCUT2D eigenvalue weighted by Gasteiger charge is -2.23. The van der Waals surface area contributed by atoms with E-state index >= 15 is 0 Å². The summed E-state index contributed by atoms with van der Waals surface area (Å²) in [4.78, 5) is 27.1. The van der Waals surface area contributed by atoms with E-state index in [1.165, 1.54) is 0 Å². The van der Waals surface area contributed by atoms with Crippen LogP contribution in [-0.2, 0) is 13.1 Å². The Kier molecular flexibility index (Phi) is 7.70. The molecule has 0 bridgehead atoms. The third kappa shape index (κ3) is 5.87. The Hall–Kier alpha value is -3.28. The van der Waals surface area contributed by atoms with Crippen molar-refractivity contribution in [1.82, 2.24) is 14.8 Å². The molecule has 0 spiro atoms. The Morgan fingerprint density at radius 3 is 2.55 bits per heavy atom. The fourth-order valence-electron chi connectivity index (χ4n) is 3.38. The van der Waals surface area contributed by atoms with E-state index in [9.17, 15) is 9.59 Å². The van der Waals surface area contributed by atoms with Crippen LogP contribution in [0.1, 0.15) is 66.0 Å². The van der Waals surface area contributed by atoms with Gasteiger partial charge in [0.15, 0.2) is 5.76 Å². The lowest BCUT2D eigenvalue weighted by molar-refractivity contribution is 0.0739. The summed E-state index contributed by atoms with van der Waals surface area (Å²) in [6.07, 6.45) is 3.71. The highest BCUT2D eigenvalue weighted by Crippen LogP contribution is 2.16. The predicted molar refractivity (Wildman–Crippen MR) is 121 cm³/mol. The molecule has 31 heavy (non-hydrogen) atoms. The van der Waals surface area contributed by atoms with Crippen molar-refractivity contribution in [2.45, 2.75) is 52.7 Å². The zero-order chi connectivity index (χ0) is 22.2. The van der Waals surface area contributed by atoms with Crippen molar-refractivity contribution in [3.05, 3.63) is 83.6 Å². The molecule has 1 atom stereocenters. The third-order valence-electron chi connectivity index (χ3n) is 5.28. The Morgan fingerprint density at radius 1 is 1.06 bits per heavy atom. The van der Waals surface area contributed by atoms with Crippen LogP contribution < -0.4 is 5.32 Å². The van der Waals surface area contributed by atoms with Crippen LogP contribution in [-0.4, -0.2) is 33.9 Å². The van der Waals surface area contributed by atoms with Gasteiger partial charge in [0.05, 0.1) is 13.1 Å². The first-order chi connectivity index (χ1) is 15.0. The van der Waals surface area contributed by atoms with Gasteiger partial charge in [-0.2, -0.15) is 0 Å². The maximum absolute atomic E-state index is 13.0. The summed E-state index contributed by atoms with van der Waals surface area (Å²) in [5.74, 6) is 0.840. The first-order valence-corrected chi connectivity index (χ1v) is 10.9. The Bertz CT molecular complexity index is 990. The molecule has 3 rings (SSSR count). The van der Waals surface area contributed by atoms with E-state index in [0.29, 0.717) is 36.7 Å². The maximum atomic E-state index is 13.0. The van der Waals surface area contributed by atoms with Crippen LogP contribution in [0.2, 0.25) is 0 Å². The number of amides is 2. The molecular weight excluding hydrogens is 390 g/mol. The number of rotatable bonds is 10. The summed E-state index contributed by atoms with van der Waals surface area (Å²) in [6, 6.07) is 17.0. The molecule has 164 valence electrons. The van der Waals surface area contributed by atoms with Crippen LogP contribution in [0.15, 0.2) is 65.2 Å². The number of nitrogens with one attached hydrogen (secondary N) is 1. The van der Waals surface area contributed by atoms with E-state index in [-0.39, 0.29) is 17.9 Å². The smallest absolute Gasteiger partial charge is 0.287 e. The standard InChI is InChI=1S/C25H31N3O3/c1-4-15-28(25(30)20-10-7-6-8-11-20)17-21-12-9-16-27(21)18-22-13-14-23(31-22)24(29)26-19(3)5-2/h6-14,16,19H,4-5,15,17-18H2,1-3H3,(H,26,29). The van der Waals surface area contributed by atoms with Gasteiger partial charge in [0.2, 0.25) is 0 Å². The van der Waals surface area contributed by atoms with E-state index in [1.54, 1.807) is 6.07 Å². The van der Waals surface area contributed by atoms with Crippen LogP contribution in [0.5, 0.6) is 0 Å². The fourth-order valence-corrected chi connectivity index (χ4v) is 3.38. The van der Waals surface area contributed by atoms with Crippen molar-refractivity contribution in [3.63, 3.8) is 0 Å². The topological polar surface area (TPSA) is 67.5 Å². The average molecular weight is 422 g/mol. The average Bonchev–Trinajstić information content (AvgIpc) is 3.43. The van der Waals surface area contributed by atoms with Gasteiger partial charge in [-0.1, -0.05) is 32.0 Å². The zero-order valence-corrected chi connectivity index (χ0v) is 18.5. The summed E-state index contributed by atoms with van der Waals surface area (Å²) in [5, 5.41) is 2.91. The molecule has 3 aromatic rings. The van der Waals surface area contributed by atoms with Gasteiger partial charge < -0.3 is 19.2 Å². The molecule has 0 fully saturated rings. The Labute approximate surface area is 183 Å². The molecule has 2 aromatic heterocycles. The number of hydrogen-bond acceptors (Lipinski definition) is 3. The second kappa shape index (κ2) is 10.7. The summed E-state index contributed by atoms with van der Waals surface area (Å²) < 4.78 is 7.83. The number of benzene rings is 1. The van der Waals surface area contributed by atoms with E-state index < -0.39 is 0 Å². The van der Waals surface area contributed by atoms with Crippen molar-refractivity contribution >= 4 is 11.8 Å². The number of aromatic nitrogens is 1. The number of hydrogen-bond donors (Lipinski definition) is 1. The molecular formula is C25H31N3O3. The molecule has 1 unspecified atom stereocenters. The van der Waals surface area contributed by atoms with Gasteiger partial charge in [-0.25, -0.2) is 0 Å². The number of furan rings is 1. The normalized spacial score (nSPS) is 11.8. The molecule has 0 saturated heterocycles. The van der Waals surface area contributed by atoms with Gasteiger partial charge >= 0.3 is 0 Å². The van der Waals surface area contributed by atoms with E-state index in [4.69, 9.17) is 4.42 Å². The van der Waals surface area contributed by atoms with E-state index in [0.717, 1.165) is 18.5 Å². The molecule has 2 amide bonds. The van der Waals surface area contributed by atoms with Crippen LogP contribution in [0.3, 0.4) is 0 Å². The molecule has 0 aliphatic carbocycles. The first-order valence-electron chi connectivity index (χ1n) is 10.9. The van der Waals surface area contributed by atoms with Crippen molar-refractivity contribution < 1.29 is 14.0 Å². The van der Waals surface area contributed by atoms with Crippen molar-refractivity contribution in [3.8, 4) is 0 Å². The van der Waals surface area contributed by atoms with E-state index in [1.807, 2.05) is 73.5 Å².